The Bertz CT molecular complexity index is 935. The molecule has 0 aliphatic heterocycles. The van der Waals surface area contributed by atoms with Crippen LogP contribution in [-0.4, -0.2) is 26.1 Å². The average Bonchev–Trinajstić information content (AvgIpc) is 3.52. The van der Waals surface area contributed by atoms with Gasteiger partial charge in [0.2, 0.25) is 0 Å². The van der Waals surface area contributed by atoms with E-state index in [0.717, 1.165) is 11.6 Å². The highest BCUT2D eigenvalue weighted by molar-refractivity contribution is 6.77. The molecule has 31 heavy (non-hydrogen) atoms. The minimum atomic E-state index is -4.56. The van der Waals surface area contributed by atoms with E-state index in [1.807, 2.05) is 30.3 Å². The summed E-state index contributed by atoms with van der Waals surface area (Å²) in [6.45, 7) is 4.16. The molecule has 3 rings (SSSR count). The van der Waals surface area contributed by atoms with Gasteiger partial charge in [0.1, 0.15) is 11.5 Å². The van der Waals surface area contributed by atoms with E-state index in [-0.39, 0.29) is 5.56 Å². The molecule has 164 valence electrons. The van der Waals surface area contributed by atoms with Crippen LogP contribution < -0.4 is 5.32 Å². The summed E-state index contributed by atoms with van der Waals surface area (Å²) in [4.78, 5) is 13.3. The van der Waals surface area contributed by atoms with Gasteiger partial charge in [0, 0.05) is 0 Å². The van der Waals surface area contributed by atoms with Gasteiger partial charge in [-0.1, -0.05) is 79.3 Å². The number of carbonyl (C=O) groups is 1. The number of ketones is 1. The van der Waals surface area contributed by atoms with Crippen LogP contribution >= 0.6 is 0 Å². The Hall–Kier alpha value is -2.43. The van der Waals surface area contributed by atoms with Gasteiger partial charge in [-0.15, -0.1) is 0 Å². The van der Waals surface area contributed by atoms with E-state index in [2.05, 4.69) is 24.5 Å². The zero-order chi connectivity index (χ0) is 22.7. The number of benzene rings is 2. The van der Waals surface area contributed by atoms with Crippen LogP contribution in [0.5, 0.6) is 0 Å². The number of carbonyl (C=O) groups excluding carboxylic acids is 1. The molecule has 0 spiro atoms. The summed E-state index contributed by atoms with van der Waals surface area (Å²) >= 11 is 0. The largest absolute Gasteiger partial charge is 0.407 e. The molecule has 2 aromatic rings. The molecule has 1 aliphatic carbocycles. The van der Waals surface area contributed by atoms with Gasteiger partial charge in [-0.3, -0.25) is 10.1 Å². The lowest BCUT2D eigenvalue weighted by Crippen LogP contribution is -2.51. The normalized spacial score (nSPS) is 17.4. The Morgan fingerprint density at radius 3 is 2.13 bits per heavy atom. The van der Waals surface area contributed by atoms with Gasteiger partial charge >= 0.3 is 6.18 Å². The number of hydrogen-bond donors (Lipinski definition) is 1. The standard InChI is InChI=1S/C24H27F3N2OSi/c1-31(2,15-18-9-5-3-6-10-18)16-20(22(30)23(17-28)13-14-23)29-21(24(25,26)27)19-11-7-4-8-12-19/h3-12,20-21,29H,13-16H2,1-2H3/t20-,21?/m0/s1. The first-order valence-electron chi connectivity index (χ1n) is 10.4. The lowest BCUT2D eigenvalue weighted by Gasteiger charge is -2.33. The number of halogens is 3. The summed E-state index contributed by atoms with van der Waals surface area (Å²) in [5.74, 6) is -0.395. The van der Waals surface area contributed by atoms with Crippen LogP contribution in [-0.2, 0) is 10.8 Å². The molecule has 0 bridgehead atoms. The fourth-order valence-corrected chi connectivity index (χ4v) is 6.99. The fraction of sp³-hybridized carbons (Fsp3) is 0.417. The van der Waals surface area contributed by atoms with Gasteiger partial charge in [0.15, 0.2) is 5.78 Å². The molecule has 1 fully saturated rings. The maximum absolute atomic E-state index is 14.0. The van der Waals surface area contributed by atoms with Crippen LogP contribution in [0.2, 0.25) is 19.1 Å². The number of nitrogens with zero attached hydrogens (tertiary/aromatic N) is 1. The third-order valence-electron chi connectivity index (χ3n) is 5.86. The van der Waals surface area contributed by atoms with Crippen molar-refractivity contribution in [2.45, 2.75) is 56.3 Å². The molecule has 1 N–H and O–H groups in total. The molecule has 3 nitrogen and oxygen atoms in total. The Morgan fingerprint density at radius 2 is 1.65 bits per heavy atom. The molecule has 0 heterocycles. The fourth-order valence-electron chi connectivity index (χ4n) is 4.10. The third-order valence-corrected chi connectivity index (χ3v) is 8.74. The van der Waals surface area contributed by atoms with Crippen molar-refractivity contribution in [2.24, 2.45) is 5.41 Å². The topological polar surface area (TPSA) is 52.9 Å². The van der Waals surface area contributed by atoms with Gasteiger partial charge in [0.25, 0.3) is 0 Å². The first-order valence-corrected chi connectivity index (χ1v) is 13.8. The Labute approximate surface area is 182 Å². The molecular weight excluding hydrogens is 417 g/mol. The molecule has 0 amide bonds. The van der Waals surface area contributed by atoms with Crippen LogP contribution in [0.3, 0.4) is 0 Å². The van der Waals surface area contributed by atoms with Crippen LogP contribution in [0.4, 0.5) is 13.2 Å². The summed E-state index contributed by atoms with van der Waals surface area (Å²) in [7, 11) is -2.12. The lowest BCUT2D eigenvalue weighted by atomic mass is 9.95. The maximum Gasteiger partial charge on any atom is 0.407 e. The van der Waals surface area contributed by atoms with Gasteiger partial charge < -0.3 is 0 Å². The van der Waals surface area contributed by atoms with Crippen molar-refractivity contribution in [1.82, 2.24) is 5.32 Å². The van der Waals surface area contributed by atoms with E-state index in [1.54, 1.807) is 18.2 Å². The van der Waals surface area contributed by atoms with E-state index in [9.17, 15) is 23.2 Å². The quantitative estimate of drug-likeness (QED) is 0.512. The first-order chi connectivity index (χ1) is 14.6. The molecule has 2 aromatic carbocycles. The van der Waals surface area contributed by atoms with Crippen molar-refractivity contribution in [3.63, 3.8) is 0 Å². The Balaban J connectivity index is 1.89. The molecule has 0 saturated heterocycles. The third kappa shape index (κ3) is 5.84. The summed E-state index contributed by atoms with van der Waals surface area (Å²) < 4.78 is 41.9. The van der Waals surface area contributed by atoms with Crippen molar-refractivity contribution < 1.29 is 18.0 Å². The van der Waals surface area contributed by atoms with Crippen molar-refractivity contribution in [3.05, 3.63) is 71.8 Å². The van der Waals surface area contributed by atoms with Gasteiger partial charge in [-0.2, -0.15) is 18.4 Å². The zero-order valence-electron chi connectivity index (χ0n) is 17.7. The van der Waals surface area contributed by atoms with Crippen LogP contribution in [0.15, 0.2) is 60.7 Å². The highest BCUT2D eigenvalue weighted by Crippen LogP contribution is 2.47. The Morgan fingerprint density at radius 1 is 1.10 bits per heavy atom. The number of nitriles is 1. The Kier molecular flexibility index (Phi) is 6.72. The molecule has 7 heteroatoms. The number of hydrogen-bond acceptors (Lipinski definition) is 3. The summed E-state index contributed by atoms with van der Waals surface area (Å²) in [6, 6.07) is 17.6. The van der Waals surface area contributed by atoms with Crippen molar-refractivity contribution in [3.8, 4) is 6.07 Å². The molecular formula is C24H27F3N2OSi. The summed E-state index contributed by atoms with van der Waals surface area (Å²) in [6.07, 6.45) is -3.72. The second kappa shape index (κ2) is 8.97. The summed E-state index contributed by atoms with van der Waals surface area (Å²) in [5.41, 5.74) is 0.0428. The number of Topliss-reactive ketones (excluding diaryl/α,β-unsaturated/α-hetero) is 1. The predicted molar refractivity (Wildman–Crippen MR) is 117 cm³/mol. The number of rotatable bonds is 9. The van der Waals surface area contributed by atoms with E-state index >= 15 is 0 Å². The average molecular weight is 445 g/mol. The predicted octanol–water partition coefficient (Wildman–Crippen LogP) is 5.61. The SMILES string of the molecule is C[Si](C)(Cc1ccccc1)C[C@H](NC(c1ccccc1)C(F)(F)F)C(=O)C1(C#N)CC1. The highest BCUT2D eigenvalue weighted by atomic mass is 28.3. The molecule has 1 saturated carbocycles. The molecule has 0 aromatic heterocycles. The van der Waals surface area contributed by atoms with E-state index in [4.69, 9.17) is 0 Å². The monoisotopic (exact) mass is 444 g/mol. The van der Waals surface area contributed by atoms with Gasteiger partial charge in [-0.05, 0) is 30.5 Å². The van der Waals surface area contributed by atoms with E-state index < -0.39 is 37.5 Å². The molecule has 2 atom stereocenters. The summed E-state index contributed by atoms with van der Waals surface area (Å²) in [5, 5.41) is 12.2. The highest BCUT2D eigenvalue weighted by Gasteiger charge is 2.54. The maximum atomic E-state index is 14.0. The van der Waals surface area contributed by atoms with Crippen LogP contribution in [0, 0.1) is 16.7 Å². The van der Waals surface area contributed by atoms with Crippen molar-refractivity contribution in [1.29, 1.82) is 5.26 Å². The smallest absolute Gasteiger partial charge is 0.296 e. The van der Waals surface area contributed by atoms with Gasteiger partial charge in [-0.25, -0.2) is 0 Å². The van der Waals surface area contributed by atoms with Crippen molar-refractivity contribution in [2.75, 3.05) is 0 Å². The molecule has 1 aliphatic rings. The minimum absolute atomic E-state index is 0.0668. The lowest BCUT2D eigenvalue weighted by molar-refractivity contribution is -0.160. The van der Waals surface area contributed by atoms with Crippen molar-refractivity contribution >= 4 is 13.9 Å². The second-order valence-electron chi connectivity index (χ2n) is 9.19. The molecule has 1 unspecified atom stereocenters. The first kappa shape index (κ1) is 23.2. The number of nitrogens with one attached hydrogen (secondary N) is 1. The van der Waals surface area contributed by atoms with E-state index in [1.165, 1.54) is 12.1 Å². The molecule has 0 radical (unpaired) electrons. The van der Waals surface area contributed by atoms with Crippen LogP contribution in [0.1, 0.15) is 30.0 Å². The minimum Gasteiger partial charge on any atom is -0.296 e. The zero-order valence-corrected chi connectivity index (χ0v) is 18.7. The van der Waals surface area contributed by atoms with E-state index in [0.29, 0.717) is 18.9 Å². The second-order valence-corrected chi connectivity index (χ2v) is 14.3. The van der Waals surface area contributed by atoms with Gasteiger partial charge in [0.05, 0.1) is 20.2 Å². The number of alkyl halides is 3. The van der Waals surface area contributed by atoms with Crippen LogP contribution in [0.25, 0.3) is 0 Å².